The third kappa shape index (κ3) is 5.00. The molecule has 5 nitrogen and oxygen atoms in total. The molecule has 0 atom stereocenters. The maximum Gasteiger partial charge on any atom is 0.416 e. The Kier molecular flexibility index (Phi) is 5.84. The van der Waals surface area contributed by atoms with Gasteiger partial charge in [-0.05, 0) is 71.5 Å². The first kappa shape index (κ1) is 22.4. The molecule has 0 spiro atoms. The van der Waals surface area contributed by atoms with Crippen molar-refractivity contribution < 1.29 is 27.5 Å². The van der Waals surface area contributed by atoms with E-state index < -0.39 is 17.7 Å². The summed E-state index contributed by atoms with van der Waals surface area (Å²) >= 11 is 0. The Bertz CT molecular complexity index is 1340. The van der Waals surface area contributed by atoms with Crippen molar-refractivity contribution in [2.45, 2.75) is 33.0 Å². The second-order valence-electron chi connectivity index (χ2n) is 7.93. The van der Waals surface area contributed by atoms with Crippen molar-refractivity contribution in [2.24, 2.45) is 0 Å². The lowest BCUT2D eigenvalue weighted by atomic mass is 9.92. The highest BCUT2D eigenvalue weighted by molar-refractivity contribution is 5.76. The fourth-order valence-corrected chi connectivity index (χ4v) is 3.71. The lowest BCUT2D eigenvalue weighted by molar-refractivity contribution is -0.138. The Morgan fingerprint density at radius 2 is 1.82 bits per heavy atom. The molecule has 4 aromatic rings. The smallest absolute Gasteiger partial charge is 0.416 e. The summed E-state index contributed by atoms with van der Waals surface area (Å²) in [6, 6.07) is 14.5. The van der Waals surface area contributed by atoms with E-state index in [1.165, 1.54) is 6.07 Å². The molecule has 0 saturated carbocycles. The van der Waals surface area contributed by atoms with E-state index in [9.17, 15) is 18.0 Å². The van der Waals surface area contributed by atoms with Crippen LogP contribution in [0.5, 0.6) is 0 Å². The maximum absolute atomic E-state index is 13.4. The number of aliphatic carboxylic acids is 1. The summed E-state index contributed by atoms with van der Waals surface area (Å²) in [6.45, 7) is 3.79. The molecule has 1 heterocycles. The molecule has 0 saturated heterocycles. The summed E-state index contributed by atoms with van der Waals surface area (Å²) < 4.78 is 45.9. The number of oxazole rings is 1. The molecule has 33 heavy (non-hydrogen) atoms. The van der Waals surface area contributed by atoms with Crippen LogP contribution in [0.25, 0.3) is 22.2 Å². The number of carbonyl (C=O) groups is 1. The normalized spacial score (nSPS) is 11.7. The average Bonchev–Trinajstić information content (AvgIpc) is 3.14. The SMILES string of the molecule is Cc1ccc2oc(NCc3cc(C(F)(F)F)ccc3-c3cc(CC(=O)O)ccc3C)nc2c1. The molecule has 0 aliphatic heterocycles. The Morgan fingerprint density at radius 1 is 1.03 bits per heavy atom. The number of anilines is 1. The summed E-state index contributed by atoms with van der Waals surface area (Å²) in [5, 5.41) is 12.1. The molecule has 0 aliphatic rings. The van der Waals surface area contributed by atoms with Crippen LogP contribution in [-0.4, -0.2) is 16.1 Å². The van der Waals surface area contributed by atoms with Crippen molar-refractivity contribution in [3.8, 4) is 11.1 Å². The number of aromatic nitrogens is 1. The Balaban J connectivity index is 1.73. The third-order valence-electron chi connectivity index (χ3n) is 5.35. The molecule has 0 radical (unpaired) electrons. The predicted octanol–water partition coefficient (Wildman–Crippen LogP) is 6.37. The molecule has 0 aliphatic carbocycles. The topological polar surface area (TPSA) is 75.4 Å². The van der Waals surface area contributed by atoms with Crippen LogP contribution in [0.4, 0.5) is 19.2 Å². The van der Waals surface area contributed by atoms with E-state index in [2.05, 4.69) is 10.3 Å². The average molecular weight is 454 g/mol. The van der Waals surface area contributed by atoms with Gasteiger partial charge in [-0.15, -0.1) is 0 Å². The number of nitrogens with zero attached hydrogens (tertiary/aromatic N) is 1. The Morgan fingerprint density at radius 3 is 2.55 bits per heavy atom. The van der Waals surface area contributed by atoms with Gasteiger partial charge in [-0.3, -0.25) is 4.79 Å². The van der Waals surface area contributed by atoms with E-state index in [4.69, 9.17) is 9.52 Å². The quantitative estimate of drug-likeness (QED) is 0.354. The van der Waals surface area contributed by atoms with Crippen LogP contribution in [0.1, 0.15) is 27.8 Å². The number of fused-ring (bicyclic) bond motifs is 1. The highest BCUT2D eigenvalue weighted by Gasteiger charge is 2.31. The number of alkyl halides is 3. The van der Waals surface area contributed by atoms with Crippen LogP contribution in [-0.2, 0) is 23.9 Å². The summed E-state index contributed by atoms with van der Waals surface area (Å²) in [7, 11) is 0. The van der Waals surface area contributed by atoms with Gasteiger partial charge in [-0.25, -0.2) is 0 Å². The number of carboxylic acid groups (broad SMARTS) is 1. The van der Waals surface area contributed by atoms with Crippen LogP contribution in [0.15, 0.2) is 59.0 Å². The van der Waals surface area contributed by atoms with Crippen molar-refractivity contribution in [3.05, 3.63) is 82.4 Å². The highest BCUT2D eigenvalue weighted by Crippen LogP contribution is 2.35. The highest BCUT2D eigenvalue weighted by atomic mass is 19.4. The van der Waals surface area contributed by atoms with Gasteiger partial charge in [-0.1, -0.05) is 30.3 Å². The number of halogens is 3. The first-order valence-corrected chi connectivity index (χ1v) is 10.2. The molecule has 0 bridgehead atoms. The van der Waals surface area contributed by atoms with Gasteiger partial charge >= 0.3 is 12.1 Å². The van der Waals surface area contributed by atoms with Gasteiger partial charge in [0.15, 0.2) is 5.58 Å². The van der Waals surface area contributed by atoms with Crippen molar-refractivity contribution in [1.82, 2.24) is 4.98 Å². The predicted molar refractivity (Wildman–Crippen MR) is 119 cm³/mol. The minimum atomic E-state index is -4.50. The number of hydrogen-bond acceptors (Lipinski definition) is 4. The number of nitrogens with one attached hydrogen (secondary N) is 1. The molecular formula is C25H21F3N2O3. The molecule has 2 N–H and O–H groups in total. The van der Waals surface area contributed by atoms with Crippen molar-refractivity contribution in [2.75, 3.05) is 5.32 Å². The minimum Gasteiger partial charge on any atom is -0.481 e. The van der Waals surface area contributed by atoms with E-state index in [-0.39, 0.29) is 19.0 Å². The molecule has 3 aromatic carbocycles. The number of carboxylic acids is 1. The van der Waals surface area contributed by atoms with E-state index in [1.807, 2.05) is 26.0 Å². The lowest BCUT2D eigenvalue weighted by Gasteiger charge is -2.16. The zero-order chi connectivity index (χ0) is 23.8. The van der Waals surface area contributed by atoms with Gasteiger partial charge in [0.2, 0.25) is 0 Å². The standard InChI is InChI=1S/C25H21F3N2O3/c1-14-3-8-22-21(9-14)30-24(33-22)29-13-17-12-18(25(26,27)28)6-7-19(17)20-10-16(11-23(31)32)5-4-15(20)2/h3-10,12H,11,13H2,1-2H3,(H,29,30)(H,31,32). The van der Waals surface area contributed by atoms with E-state index in [1.54, 1.807) is 24.3 Å². The molecular weight excluding hydrogens is 433 g/mol. The fraction of sp³-hybridized carbons (Fsp3) is 0.200. The number of rotatable bonds is 6. The largest absolute Gasteiger partial charge is 0.481 e. The van der Waals surface area contributed by atoms with E-state index >= 15 is 0 Å². The van der Waals surface area contributed by atoms with Crippen LogP contribution < -0.4 is 5.32 Å². The van der Waals surface area contributed by atoms with E-state index in [0.29, 0.717) is 33.4 Å². The summed E-state index contributed by atoms with van der Waals surface area (Å²) in [4.78, 5) is 15.5. The van der Waals surface area contributed by atoms with Crippen LogP contribution in [0, 0.1) is 13.8 Å². The van der Waals surface area contributed by atoms with Crippen LogP contribution in [0.3, 0.4) is 0 Å². The number of benzene rings is 3. The van der Waals surface area contributed by atoms with Gasteiger partial charge < -0.3 is 14.8 Å². The van der Waals surface area contributed by atoms with Gasteiger partial charge in [0.1, 0.15) is 5.52 Å². The maximum atomic E-state index is 13.4. The first-order valence-electron chi connectivity index (χ1n) is 10.2. The second-order valence-corrected chi connectivity index (χ2v) is 7.93. The van der Waals surface area contributed by atoms with E-state index in [0.717, 1.165) is 23.3 Å². The molecule has 0 amide bonds. The molecule has 1 aromatic heterocycles. The summed E-state index contributed by atoms with van der Waals surface area (Å²) in [5.41, 5.74) is 4.50. The summed E-state index contributed by atoms with van der Waals surface area (Å²) in [5.74, 6) is -0.981. The Hall–Kier alpha value is -3.81. The van der Waals surface area contributed by atoms with Gasteiger partial charge in [0.25, 0.3) is 6.01 Å². The van der Waals surface area contributed by atoms with Gasteiger partial charge in [-0.2, -0.15) is 18.2 Å². The first-order chi connectivity index (χ1) is 15.6. The zero-order valence-corrected chi connectivity index (χ0v) is 18.0. The van der Waals surface area contributed by atoms with Crippen molar-refractivity contribution in [1.29, 1.82) is 0 Å². The summed E-state index contributed by atoms with van der Waals surface area (Å²) in [6.07, 6.45) is -4.67. The fourth-order valence-electron chi connectivity index (χ4n) is 3.71. The Labute approximate surface area is 187 Å². The number of hydrogen-bond donors (Lipinski definition) is 2. The monoisotopic (exact) mass is 454 g/mol. The second kappa shape index (κ2) is 8.61. The lowest BCUT2D eigenvalue weighted by Crippen LogP contribution is -2.09. The van der Waals surface area contributed by atoms with Gasteiger partial charge in [0.05, 0.1) is 12.0 Å². The number of aryl methyl sites for hydroxylation is 2. The minimum absolute atomic E-state index is 0.0354. The van der Waals surface area contributed by atoms with Crippen molar-refractivity contribution >= 4 is 23.1 Å². The van der Waals surface area contributed by atoms with Crippen LogP contribution >= 0.6 is 0 Å². The molecule has 170 valence electrons. The molecule has 8 heteroatoms. The third-order valence-corrected chi connectivity index (χ3v) is 5.35. The van der Waals surface area contributed by atoms with Crippen molar-refractivity contribution in [3.63, 3.8) is 0 Å². The molecule has 0 fully saturated rings. The van der Waals surface area contributed by atoms with Crippen LogP contribution in [0.2, 0.25) is 0 Å². The zero-order valence-electron chi connectivity index (χ0n) is 18.0. The molecule has 4 rings (SSSR count). The molecule has 0 unspecified atom stereocenters. The van der Waals surface area contributed by atoms with Gasteiger partial charge in [0, 0.05) is 6.54 Å².